The predicted octanol–water partition coefficient (Wildman–Crippen LogP) is 1.67. The summed E-state index contributed by atoms with van der Waals surface area (Å²) in [6.07, 6.45) is 3.19. The molecule has 0 bridgehead atoms. The van der Waals surface area contributed by atoms with Crippen molar-refractivity contribution in [1.82, 2.24) is 15.1 Å². The Kier molecular flexibility index (Phi) is 4.57. The van der Waals surface area contributed by atoms with Crippen molar-refractivity contribution in [2.24, 2.45) is 5.73 Å². The Bertz CT molecular complexity index is 739. The van der Waals surface area contributed by atoms with E-state index in [0.29, 0.717) is 28.2 Å². The molecule has 1 amide bonds. The van der Waals surface area contributed by atoms with E-state index >= 15 is 0 Å². The molecule has 1 aliphatic heterocycles. The van der Waals surface area contributed by atoms with Gasteiger partial charge in [-0.1, -0.05) is 11.6 Å². The molecule has 0 radical (unpaired) electrons. The number of pyridine rings is 1. The molecule has 1 fully saturated rings. The first kappa shape index (κ1) is 16.5. The molecule has 0 aromatic carbocycles. The molecule has 0 saturated carbocycles. The lowest BCUT2D eigenvalue weighted by molar-refractivity contribution is 0.1000. The molecule has 2 N–H and O–H groups in total. The van der Waals surface area contributed by atoms with Crippen LogP contribution in [0, 0.1) is 0 Å². The smallest absolute Gasteiger partial charge is 0.265 e. The number of amides is 1. The maximum atomic E-state index is 11.2. The van der Waals surface area contributed by atoms with Crippen LogP contribution in [0.2, 0.25) is 5.02 Å². The van der Waals surface area contributed by atoms with Gasteiger partial charge in [0, 0.05) is 39.3 Å². The molecule has 128 valence electrons. The highest BCUT2D eigenvalue weighted by atomic mass is 35.5. The fourth-order valence-electron chi connectivity index (χ4n) is 2.71. The molecule has 24 heavy (non-hydrogen) atoms. The van der Waals surface area contributed by atoms with Gasteiger partial charge >= 0.3 is 0 Å². The largest absolute Gasteiger partial charge is 0.366 e. The molecular formula is C15H19ClN6O2. The van der Waals surface area contributed by atoms with Crippen LogP contribution in [0.3, 0.4) is 0 Å². The number of rotatable bonds is 4. The Labute approximate surface area is 144 Å². The van der Waals surface area contributed by atoms with Gasteiger partial charge in [-0.05, 0) is 24.1 Å². The van der Waals surface area contributed by atoms with E-state index in [0.717, 1.165) is 25.9 Å². The Balaban J connectivity index is 1.67. The molecule has 0 spiro atoms. The number of aromatic nitrogens is 3. The first-order valence-electron chi connectivity index (χ1n) is 7.67. The Morgan fingerprint density at radius 2 is 2.12 bits per heavy atom. The summed E-state index contributed by atoms with van der Waals surface area (Å²) in [5.41, 5.74) is 5.55. The lowest BCUT2D eigenvalue weighted by atomic mass is 9.97. The zero-order valence-corrected chi connectivity index (χ0v) is 14.3. The van der Waals surface area contributed by atoms with E-state index in [1.165, 1.54) is 6.20 Å². The number of carbonyl (C=O) groups excluding carboxylic acids is 1. The molecule has 1 aliphatic rings. The van der Waals surface area contributed by atoms with Crippen molar-refractivity contribution >= 4 is 29.3 Å². The number of nitrogens with two attached hydrogens (primary N) is 1. The molecule has 0 aliphatic carbocycles. The number of anilines is 2. The van der Waals surface area contributed by atoms with Gasteiger partial charge in [0.05, 0.1) is 10.6 Å². The predicted molar refractivity (Wildman–Crippen MR) is 90.6 cm³/mol. The SMILES string of the molecule is CN(C)c1noc(C2CCN(c3ncc(C(N)=O)cc3Cl)CC2)n1. The second-order valence-electron chi connectivity index (χ2n) is 5.98. The van der Waals surface area contributed by atoms with Crippen molar-refractivity contribution in [3.63, 3.8) is 0 Å². The second-order valence-corrected chi connectivity index (χ2v) is 6.39. The number of carbonyl (C=O) groups is 1. The summed E-state index contributed by atoms with van der Waals surface area (Å²) in [7, 11) is 3.75. The summed E-state index contributed by atoms with van der Waals surface area (Å²) in [4.78, 5) is 23.8. The third kappa shape index (κ3) is 3.28. The molecule has 1 saturated heterocycles. The first-order valence-corrected chi connectivity index (χ1v) is 8.04. The van der Waals surface area contributed by atoms with E-state index in [1.807, 2.05) is 19.0 Å². The molecule has 0 unspecified atom stereocenters. The molecule has 0 atom stereocenters. The summed E-state index contributed by atoms with van der Waals surface area (Å²) in [5.74, 6) is 1.61. The number of nitrogens with zero attached hydrogens (tertiary/aromatic N) is 5. The van der Waals surface area contributed by atoms with E-state index in [4.69, 9.17) is 21.9 Å². The van der Waals surface area contributed by atoms with Crippen molar-refractivity contribution < 1.29 is 9.32 Å². The van der Waals surface area contributed by atoms with Gasteiger partial charge in [-0.15, -0.1) is 0 Å². The summed E-state index contributed by atoms with van der Waals surface area (Å²) in [5, 5.41) is 4.39. The Morgan fingerprint density at radius 1 is 1.42 bits per heavy atom. The number of primary amides is 1. The molecule has 3 heterocycles. The van der Waals surface area contributed by atoms with Crippen LogP contribution in [-0.2, 0) is 0 Å². The number of piperidine rings is 1. The standard InChI is InChI=1S/C15H19ClN6O2/c1-21(2)15-19-14(24-20-15)9-3-5-22(6-4-9)13-11(16)7-10(8-18-13)12(17)23/h7-9H,3-6H2,1-2H3,(H2,17,23). The van der Waals surface area contributed by atoms with Gasteiger partial charge in [0.2, 0.25) is 11.8 Å². The zero-order chi connectivity index (χ0) is 17.3. The highest BCUT2D eigenvalue weighted by Crippen LogP contribution is 2.32. The third-order valence-corrected chi connectivity index (χ3v) is 4.36. The molecular weight excluding hydrogens is 332 g/mol. The van der Waals surface area contributed by atoms with Crippen LogP contribution in [0.15, 0.2) is 16.8 Å². The Hall–Kier alpha value is -2.35. The van der Waals surface area contributed by atoms with Crippen LogP contribution < -0.4 is 15.5 Å². The average Bonchev–Trinajstić information content (AvgIpc) is 3.05. The summed E-state index contributed by atoms with van der Waals surface area (Å²) in [6, 6.07) is 1.56. The van der Waals surface area contributed by atoms with Crippen molar-refractivity contribution in [2.75, 3.05) is 37.0 Å². The van der Waals surface area contributed by atoms with E-state index in [-0.39, 0.29) is 5.92 Å². The van der Waals surface area contributed by atoms with Crippen LogP contribution in [0.4, 0.5) is 11.8 Å². The van der Waals surface area contributed by atoms with Gasteiger partial charge in [0.15, 0.2) is 0 Å². The second kappa shape index (κ2) is 6.64. The van der Waals surface area contributed by atoms with Gasteiger partial charge in [-0.3, -0.25) is 4.79 Å². The highest BCUT2D eigenvalue weighted by molar-refractivity contribution is 6.33. The normalized spacial score (nSPS) is 15.5. The monoisotopic (exact) mass is 350 g/mol. The summed E-state index contributed by atoms with van der Waals surface area (Å²) in [6.45, 7) is 1.54. The minimum atomic E-state index is -0.539. The van der Waals surface area contributed by atoms with Crippen molar-refractivity contribution in [3.8, 4) is 0 Å². The van der Waals surface area contributed by atoms with Gasteiger partial charge in [0.25, 0.3) is 5.95 Å². The lowest BCUT2D eigenvalue weighted by Gasteiger charge is -2.31. The zero-order valence-electron chi connectivity index (χ0n) is 13.6. The molecule has 8 nitrogen and oxygen atoms in total. The molecule has 3 rings (SSSR count). The Morgan fingerprint density at radius 3 is 2.67 bits per heavy atom. The van der Waals surface area contributed by atoms with E-state index in [2.05, 4.69) is 20.0 Å². The first-order chi connectivity index (χ1) is 11.5. The maximum Gasteiger partial charge on any atom is 0.265 e. The minimum Gasteiger partial charge on any atom is -0.366 e. The lowest BCUT2D eigenvalue weighted by Crippen LogP contribution is -2.34. The van der Waals surface area contributed by atoms with E-state index < -0.39 is 5.91 Å². The quantitative estimate of drug-likeness (QED) is 0.894. The van der Waals surface area contributed by atoms with E-state index in [9.17, 15) is 4.79 Å². The summed E-state index contributed by atoms with van der Waals surface area (Å²) >= 11 is 6.24. The van der Waals surface area contributed by atoms with E-state index in [1.54, 1.807) is 6.07 Å². The van der Waals surface area contributed by atoms with Gasteiger partial charge < -0.3 is 20.1 Å². The number of halogens is 1. The number of hydrogen-bond donors (Lipinski definition) is 1. The van der Waals surface area contributed by atoms with Crippen LogP contribution in [0.1, 0.15) is 35.0 Å². The highest BCUT2D eigenvalue weighted by Gasteiger charge is 2.27. The molecule has 9 heteroatoms. The van der Waals surface area contributed by atoms with Gasteiger partial charge in [-0.2, -0.15) is 4.98 Å². The average molecular weight is 351 g/mol. The van der Waals surface area contributed by atoms with Crippen molar-refractivity contribution in [1.29, 1.82) is 0 Å². The van der Waals surface area contributed by atoms with Gasteiger partial charge in [0.1, 0.15) is 5.82 Å². The third-order valence-electron chi connectivity index (χ3n) is 4.08. The minimum absolute atomic E-state index is 0.228. The topological polar surface area (TPSA) is 101 Å². The van der Waals surface area contributed by atoms with Crippen molar-refractivity contribution in [3.05, 3.63) is 28.7 Å². The molecule has 2 aromatic rings. The van der Waals surface area contributed by atoms with Crippen molar-refractivity contribution in [2.45, 2.75) is 18.8 Å². The van der Waals surface area contributed by atoms with Gasteiger partial charge in [-0.25, -0.2) is 4.98 Å². The fraction of sp³-hybridized carbons (Fsp3) is 0.467. The summed E-state index contributed by atoms with van der Waals surface area (Å²) < 4.78 is 5.36. The van der Waals surface area contributed by atoms with Crippen LogP contribution >= 0.6 is 11.6 Å². The maximum absolute atomic E-state index is 11.2. The van der Waals surface area contributed by atoms with Crippen LogP contribution in [0.25, 0.3) is 0 Å². The van der Waals surface area contributed by atoms with Crippen LogP contribution in [0.5, 0.6) is 0 Å². The van der Waals surface area contributed by atoms with Crippen LogP contribution in [-0.4, -0.2) is 48.2 Å². The molecule has 2 aromatic heterocycles. The fourth-order valence-corrected chi connectivity index (χ4v) is 3.00. The number of hydrogen-bond acceptors (Lipinski definition) is 7.